The molecule has 122 valence electrons. The van der Waals surface area contributed by atoms with Crippen molar-refractivity contribution < 1.29 is 4.79 Å². The third kappa shape index (κ3) is 3.40. The molecule has 0 atom stereocenters. The molecule has 24 heavy (non-hydrogen) atoms. The number of para-hydroxylation sites is 1. The molecule has 3 rings (SSSR count). The van der Waals surface area contributed by atoms with Crippen LogP contribution < -0.4 is 16.6 Å². The molecular formula is C17H16N4O3. The van der Waals surface area contributed by atoms with Gasteiger partial charge in [-0.3, -0.25) is 19.1 Å². The van der Waals surface area contributed by atoms with Crippen molar-refractivity contribution in [2.45, 2.75) is 13.0 Å². The summed E-state index contributed by atoms with van der Waals surface area (Å²) in [5, 5.41) is 3.09. The maximum absolute atomic E-state index is 12.3. The number of carbonyl (C=O) groups is 1. The zero-order valence-electron chi connectivity index (χ0n) is 12.9. The average molecular weight is 324 g/mol. The Bertz CT molecular complexity index is 976. The van der Waals surface area contributed by atoms with E-state index in [-0.39, 0.29) is 12.5 Å². The first-order valence-corrected chi connectivity index (χ1v) is 7.52. The topological polar surface area (TPSA) is 96.9 Å². The Morgan fingerprint density at radius 2 is 1.88 bits per heavy atom. The lowest BCUT2D eigenvalue weighted by Crippen LogP contribution is -2.41. The van der Waals surface area contributed by atoms with Crippen molar-refractivity contribution in [3.8, 4) is 0 Å². The van der Waals surface area contributed by atoms with E-state index in [2.05, 4.69) is 15.3 Å². The highest BCUT2D eigenvalue weighted by Gasteiger charge is 2.10. The largest absolute Gasteiger partial charge is 0.354 e. The number of rotatable bonds is 5. The van der Waals surface area contributed by atoms with Crippen LogP contribution in [0, 0.1) is 0 Å². The Morgan fingerprint density at radius 3 is 2.67 bits per heavy atom. The number of nitrogens with one attached hydrogen (secondary N) is 2. The van der Waals surface area contributed by atoms with Crippen molar-refractivity contribution >= 4 is 16.8 Å². The number of aromatic nitrogens is 3. The lowest BCUT2D eigenvalue weighted by molar-refractivity contribution is -0.121. The summed E-state index contributed by atoms with van der Waals surface area (Å²) in [5.74, 6) is -0.382. The van der Waals surface area contributed by atoms with E-state index >= 15 is 0 Å². The highest BCUT2D eigenvalue weighted by molar-refractivity contribution is 5.78. The van der Waals surface area contributed by atoms with Gasteiger partial charge in [0.1, 0.15) is 6.54 Å². The maximum Gasteiger partial charge on any atom is 0.329 e. The van der Waals surface area contributed by atoms with Gasteiger partial charge < -0.3 is 10.3 Å². The normalized spacial score (nSPS) is 10.7. The lowest BCUT2D eigenvalue weighted by atomic mass is 10.2. The molecule has 0 saturated heterocycles. The van der Waals surface area contributed by atoms with Gasteiger partial charge in [-0.05, 0) is 36.2 Å². The van der Waals surface area contributed by atoms with Crippen LogP contribution in [0.2, 0.25) is 0 Å². The standard InChI is InChI=1S/C17H16N4O3/c22-15(19-10-7-12-5-8-18-9-6-12)11-21-16(23)13-3-1-2-4-14(13)20-17(21)24/h1-6,8-9H,7,10-11H2,(H,19,22)(H,20,24). The van der Waals surface area contributed by atoms with Crippen LogP contribution in [-0.2, 0) is 17.8 Å². The smallest absolute Gasteiger partial charge is 0.329 e. The van der Waals surface area contributed by atoms with Crippen LogP contribution in [0.1, 0.15) is 5.56 Å². The number of carbonyl (C=O) groups excluding carboxylic acids is 1. The number of pyridine rings is 1. The van der Waals surface area contributed by atoms with Gasteiger partial charge in [0.25, 0.3) is 5.56 Å². The Morgan fingerprint density at radius 1 is 1.12 bits per heavy atom. The van der Waals surface area contributed by atoms with E-state index in [4.69, 9.17) is 0 Å². The van der Waals surface area contributed by atoms with Crippen LogP contribution in [-0.4, -0.2) is 27.0 Å². The van der Waals surface area contributed by atoms with Crippen LogP contribution in [0.25, 0.3) is 10.9 Å². The SMILES string of the molecule is O=C(Cn1c(=O)[nH]c2ccccc2c1=O)NCCc1ccncc1. The average Bonchev–Trinajstić information content (AvgIpc) is 2.59. The molecule has 0 aliphatic heterocycles. The molecule has 0 aliphatic rings. The van der Waals surface area contributed by atoms with E-state index in [1.54, 1.807) is 36.7 Å². The van der Waals surface area contributed by atoms with Crippen molar-refractivity contribution in [2.75, 3.05) is 6.54 Å². The minimum Gasteiger partial charge on any atom is -0.354 e. The second kappa shape index (κ2) is 6.91. The molecule has 0 bridgehead atoms. The van der Waals surface area contributed by atoms with E-state index in [1.807, 2.05) is 12.1 Å². The number of benzene rings is 1. The maximum atomic E-state index is 12.3. The Balaban J connectivity index is 1.69. The van der Waals surface area contributed by atoms with Gasteiger partial charge in [-0.2, -0.15) is 0 Å². The van der Waals surface area contributed by atoms with Gasteiger partial charge in [0.05, 0.1) is 10.9 Å². The number of aromatic amines is 1. The van der Waals surface area contributed by atoms with E-state index in [9.17, 15) is 14.4 Å². The van der Waals surface area contributed by atoms with Crippen LogP contribution in [0.3, 0.4) is 0 Å². The van der Waals surface area contributed by atoms with Crippen molar-refractivity contribution in [2.24, 2.45) is 0 Å². The van der Waals surface area contributed by atoms with Crippen molar-refractivity contribution in [3.05, 3.63) is 75.2 Å². The van der Waals surface area contributed by atoms with Gasteiger partial charge >= 0.3 is 5.69 Å². The molecule has 7 heteroatoms. The van der Waals surface area contributed by atoms with E-state index < -0.39 is 11.2 Å². The molecule has 7 nitrogen and oxygen atoms in total. The molecule has 0 fully saturated rings. The number of fused-ring (bicyclic) bond motifs is 1. The Labute approximate surface area is 137 Å². The lowest BCUT2D eigenvalue weighted by Gasteiger charge is -2.08. The summed E-state index contributed by atoms with van der Waals surface area (Å²) in [5.41, 5.74) is 0.439. The van der Waals surface area contributed by atoms with Crippen molar-refractivity contribution in [1.82, 2.24) is 19.9 Å². The van der Waals surface area contributed by atoms with Gasteiger partial charge in [-0.25, -0.2) is 4.79 Å². The molecule has 2 N–H and O–H groups in total. The van der Waals surface area contributed by atoms with Gasteiger partial charge in [0.15, 0.2) is 0 Å². The first-order chi connectivity index (χ1) is 11.6. The molecule has 2 heterocycles. The fraction of sp³-hybridized carbons (Fsp3) is 0.176. The molecule has 0 aliphatic carbocycles. The molecule has 1 amide bonds. The van der Waals surface area contributed by atoms with E-state index in [0.29, 0.717) is 23.9 Å². The molecule has 0 saturated carbocycles. The molecule has 2 aromatic heterocycles. The summed E-state index contributed by atoms with van der Waals surface area (Å²) in [6.07, 6.45) is 4.02. The van der Waals surface area contributed by atoms with Crippen molar-refractivity contribution in [1.29, 1.82) is 0 Å². The highest BCUT2D eigenvalue weighted by Crippen LogP contribution is 2.02. The van der Waals surface area contributed by atoms with Crippen LogP contribution in [0.5, 0.6) is 0 Å². The summed E-state index contributed by atoms with van der Waals surface area (Å²) < 4.78 is 0.907. The van der Waals surface area contributed by atoms with Gasteiger partial charge in [0.2, 0.25) is 5.91 Å². The zero-order valence-corrected chi connectivity index (χ0v) is 12.9. The third-order valence-corrected chi connectivity index (χ3v) is 3.68. The summed E-state index contributed by atoms with van der Waals surface area (Å²) in [4.78, 5) is 42.9. The molecule has 0 radical (unpaired) electrons. The van der Waals surface area contributed by atoms with E-state index in [0.717, 1.165) is 10.1 Å². The van der Waals surface area contributed by atoms with Gasteiger partial charge in [-0.15, -0.1) is 0 Å². The first-order valence-electron chi connectivity index (χ1n) is 7.52. The zero-order chi connectivity index (χ0) is 16.9. The van der Waals surface area contributed by atoms with Gasteiger partial charge in [0, 0.05) is 18.9 Å². The van der Waals surface area contributed by atoms with Crippen LogP contribution in [0.4, 0.5) is 0 Å². The predicted molar refractivity (Wildman–Crippen MR) is 89.8 cm³/mol. The Kier molecular flexibility index (Phi) is 4.51. The number of nitrogens with zero attached hydrogens (tertiary/aromatic N) is 2. The summed E-state index contributed by atoms with van der Waals surface area (Å²) in [6, 6.07) is 10.4. The second-order valence-corrected chi connectivity index (χ2v) is 5.32. The summed E-state index contributed by atoms with van der Waals surface area (Å²) in [7, 11) is 0. The van der Waals surface area contributed by atoms with Crippen LogP contribution >= 0.6 is 0 Å². The van der Waals surface area contributed by atoms with E-state index in [1.165, 1.54) is 0 Å². The molecule has 0 unspecified atom stereocenters. The first kappa shape index (κ1) is 15.7. The number of hydrogen-bond donors (Lipinski definition) is 2. The molecule has 0 spiro atoms. The fourth-order valence-electron chi connectivity index (χ4n) is 2.44. The van der Waals surface area contributed by atoms with Crippen molar-refractivity contribution in [3.63, 3.8) is 0 Å². The molecule has 1 aromatic carbocycles. The monoisotopic (exact) mass is 324 g/mol. The molecular weight excluding hydrogens is 308 g/mol. The Hall–Kier alpha value is -3.22. The number of hydrogen-bond acceptors (Lipinski definition) is 4. The summed E-state index contributed by atoms with van der Waals surface area (Å²) >= 11 is 0. The molecule has 3 aromatic rings. The highest BCUT2D eigenvalue weighted by atomic mass is 16.2. The second-order valence-electron chi connectivity index (χ2n) is 5.32. The van der Waals surface area contributed by atoms with Crippen LogP contribution in [0.15, 0.2) is 58.4 Å². The third-order valence-electron chi connectivity index (χ3n) is 3.68. The number of amides is 1. The summed E-state index contributed by atoms with van der Waals surface area (Å²) in [6.45, 7) is 0.110. The predicted octanol–water partition coefficient (Wildman–Crippen LogP) is 0.444. The minimum atomic E-state index is -0.594. The minimum absolute atomic E-state index is 0.310. The van der Waals surface area contributed by atoms with Gasteiger partial charge in [-0.1, -0.05) is 12.1 Å². The fourth-order valence-corrected chi connectivity index (χ4v) is 2.44. The number of H-pyrrole nitrogens is 1. The quantitative estimate of drug-likeness (QED) is 0.712.